The minimum Gasteiger partial charge on any atom is -0.311 e. The molecule has 2 aliphatic heterocycles. The van der Waals surface area contributed by atoms with Crippen molar-refractivity contribution in [2.45, 2.75) is 37.6 Å². The average molecular weight is 332 g/mol. The maximum Gasteiger partial charge on any atom is 0.249 e. The van der Waals surface area contributed by atoms with E-state index in [9.17, 15) is 4.39 Å². The number of ether oxygens (including phenoxy) is 1. The number of rotatable bonds is 2. The lowest BCUT2D eigenvalue weighted by atomic mass is 9.97. The molecule has 0 saturated carbocycles. The molecule has 0 amide bonds. The van der Waals surface area contributed by atoms with Gasteiger partial charge in [-0.15, -0.1) is 0 Å². The van der Waals surface area contributed by atoms with Gasteiger partial charge in [-0.05, 0) is 18.6 Å². The first-order chi connectivity index (χ1) is 11.8. The Labute approximate surface area is 138 Å². The minimum atomic E-state index is -1.15. The van der Waals surface area contributed by atoms with Crippen LogP contribution in [0.2, 0.25) is 0 Å². The first kappa shape index (κ1) is 15.7. The molecule has 0 radical (unpaired) electrons. The summed E-state index contributed by atoms with van der Waals surface area (Å²) in [6, 6.07) is 15.3. The highest BCUT2D eigenvalue weighted by Gasteiger charge is 2.45. The predicted molar refractivity (Wildman–Crippen MR) is 80.3 cm³/mol. The van der Waals surface area contributed by atoms with Crippen LogP contribution in [0.15, 0.2) is 54.6 Å². The van der Waals surface area contributed by atoms with E-state index >= 15 is 0 Å². The van der Waals surface area contributed by atoms with Gasteiger partial charge in [0.2, 0.25) is 12.1 Å². The van der Waals surface area contributed by atoms with Crippen molar-refractivity contribution in [3.05, 3.63) is 71.5 Å². The molecule has 0 N–H and O–H groups in total. The van der Waals surface area contributed by atoms with E-state index < -0.39 is 18.4 Å². The van der Waals surface area contributed by atoms with Crippen LogP contribution in [0.5, 0.6) is 0 Å². The summed E-state index contributed by atoms with van der Waals surface area (Å²) in [5.41, 5.74) is 1.43. The lowest BCUT2D eigenvalue weighted by Gasteiger charge is -2.41. The van der Waals surface area contributed by atoms with Gasteiger partial charge in [0.05, 0.1) is 0 Å². The highest BCUT2D eigenvalue weighted by atomic mass is 19.1. The topological polar surface area (TPSA) is 46.2 Å². The Hall–Kier alpha value is -1.83. The quantitative estimate of drug-likeness (QED) is 0.774. The summed E-state index contributed by atoms with van der Waals surface area (Å²) in [5.74, 6) is -1.47. The van der Waals surface area contributed by atoms with Crippen LogP contribution < -0.4 is 0 Å². The van der Waals surface area contributed by atoms with Crippen LogP contribution in [-0.4, -0.2) is 6.29 Å². The van der Waals surface area contributed by atoms with E-state index in [0.717, 1.165) is 12.0 Å². The Morgan fingerprint density at radius 3 is 2.50 bits per heavy atom. The van der Waals surface area contributed by atoms with Crippen molar-refractivity contribution in [2.24, 2.45) is 0 Å². The zero-order valence-electron chi connectivity index (χ0n) is 12.9. The number of benzene rings is 2. The second kappa shape index (κ2) is 6.58. The second-order valence-electron chi connectivity index (χ2n) is 5.81. The molecule has 2 fully saturated rings. The highest BCUT2D eigenvalue weighted by Crippen LogP contribution is 2.42. The number of halogens is 1. The van der Waals surface area contributed by atoms with Crippen molar-refractivity contribution < 1.29 is 28.7 Å². The summed E-state index contributed by atoms with van der Waals surface area (Å²) in [6.45, 7) is 0. The predicted octanol–water partition coefficient (Wildman–Crippen LogP) is 4.11. The molecule has 0 aromatic heterocycles. The van der Waals surface area contributed by atoms with E-state index in [1.807, 2.05) is 30.3 Å². The number of hydrogen-bond donors (Lipinski definition) is 0. The first-order valence-electron chi connectivity index (χ1n) is 7.91. The second-order valence-corrected chi connectivity index (χ2v) is 5.81. The Bertz CT molecular complexity index is 678. The largest absolute Gasteiger partial charge is 0.311 e. The van der Waals surface area contributed by atoms with Gasteiger partial charge in [0, 0.05) is 24.0 Å². The lowest BCUT2D eigenvalue weighted by molar-refractivity contribution is -0.593. The molecule has 24 heavy (non-hydrogen) atoms. The fourth-order valence-electron chi connectivity index (χ4n) is 2.90. The molecular weight excluding hydrogens is 315 g/mol. The van der Waals surface area contributed by atoms with Crippen LogP contribution in [0.3, 0.4) is 0 Å². The molecule has 4 rings (SSSR count). The van der Waals surface area contributed by atoms with Crippen LogP contribution in [-0.2, 0) is 30.1 Å². The number of fused-ring (bicyclic) bond motifs is 2. The van der Waals surface area contributed by atoms with E-state index in [-0.39, 0.29) is 5.82 Å². The van der Waals surface area contributed by atoms with E-state index in [2.05, 4.69) is 0 Å². The molecule has 6 heteroatoms. The molecule has 5 nitrogen and oxygen atoms in total. The third-order valence-electron chi connectivity index (χ3n) is 4.14. The molecule has 2 heterocycles. The molecule has 0 spiro atoms. The maximum absolute atomic E-state index is 13.2. The Morgan fingerprint density at radius 2 is 1.71 bits per heavy atom. The van der Waals surface area contributed by atoms with Gasteiger partial charge in [0.1, 0.15) is 5.82 Å². The molecule has 1 unspecified atom stereocenters. The molecule has 2 aliphatic rings. The summed E-state index contributed by atoms with van der Waals surface area (Å²) < 4.78 is 19.2. The summed E-state index contributed by atoms with van der Waals surface area (Å²) in [5, 5.41) is 0. The van der Waals surface area contributed by atoms with Crippen LogP contribution >= 0.6 is 0 Å². The van der Waals surface area contributed by atoms with Crippen LogP contribution in [0.25, 0.3) is 0 Å². The van der Waals surface area contributed by atoms with Crippen molar-refractivity contribution in [3.63, 3.8) is 0 Å². The van der Waals surface area contributed by atoms with Crippen molar-refractivity contribution in [1.29, 1.82) is 0 Å². The van der Waals surface area contributed by atoms with Crippen molar-refractivity contribution in [2.75, 3.05) is 0 Å². The molecule has 2 bridgehead atoms. The monoisotopic (exact) mass is 332 g/mol. The molecule has 2 saturated heterocycles. The van der Waals surface area contributed by atoms with Gasteiger partial charge in [-0.25, -0.2) is 9.28 Å². The van der Waals surface area contributed by atoms with Crippen LogP contribution in [0, 0.1) is 5.82 Å². The molecule has 2 aromatic rings. The van der Waals surface area contributed by atoms with E-state index in [0.29, 0.717) is 18.4 Å². The minimum absolute atomic E-state index is 0.323. The summed E-state index contributed by atoms with van der Waals surface area (Å²) in [6.07, 6.45) is 0.618. The summed E-state index contributed by atoms with van der Waals surface area (Å²) >= 11 is 0. The molecule has 3 atom stereocenters. The Morgan fingerprint density at radius 1 is 0.917 bits per heavy atom. The zero-order chi connectivity index (χ0) is 16.4. The van der Waals surface area contributed by atoms with E-state index in [1.54, 1.807) is 12.1 Å². The van der Waals surface area contributed by atoms with Gasteiger partial charge in [0.15, 0.2) is 6.29 Å². The van der Waals surface area contributed by atoms with Crippen LogP contribution in [0.4, 0.5) is 4.39 Å². The molecular formula is C18H17FO5. The average Bonchev–Trinajstić information content (AvgIpc) is 2.62. The van der Waals surface area contributed by atoms with Gasteiger partial charge >= 0.3 is 0 Å². The number of hydrogen-bond acceptors (Lipinski definition) is 5. The van der Waals surface area contributed by atoms with Crippen molar-refractivity contribution >= 4 is 0 Å². The fraction of sp³-hybridized carbons (Fsp3) is 0.333. The first-order valence-corrected chi connectivity index (χ1v) is 7.91. The molecule has 0 aliphatic carbocycles. The van der Waals surface area contributed by atoms with E-state index in [4.69, 9.17) is 24.3 Å². The maximum atomic E-state index is 13.2. The van der Waals surface area contributed by atoms with Gasteiger partial charge < -0.3 is 4.74 Å². The Balaban J connectivity index is 1.63. The van der Waals surface area contributed by atoms with Crippen molar-refractivity contribution in [3.8, 4) is 0 Å². The molecule has 2 aromatic carbocycles. The normalized spacial score (nSPS) is 30.4. The van der Waals surface area contributed by atoms with Gasteiger partial charge in [0.25, 0.3) is 0 Å². The van der Waals surface area contributed by atoms with Gasteiger partial charge in [-0.3, -0.25) is 0 Å². The van der Waals surface area contributed by atoms with Gasteiger partial charge in [-0.2, -0.15) is 14.7 Å². The molecule has 126 valence electrons. The van der Waals surface area contributed by atoms with E-state index in [1.165, 1.54) is 12.1 Å². The summed E-state index contributed by atoms with van der Waals surface area (Å²) in [7, 11) is 0. The Kier molecular flexibility index (Phi) is 4.30. The zero-order valence-corrected chi connectivity index (χ0v) is 12.9. The highest BCUT2D eigenvalue weighted by molar-refractivity contribution is 5.22. The van der Waals surface area contributed by atoms with Crippen LogP contribution in [0.1, 0.15) is 36.7 Å². The van der Waals surface area contributed by atoms with Gasteiger partial charge in [-0.1, -0.05) is 42.5 Å². The standard InChI is InChI=1S/C18H17FO5/c19-15-10-8-14(9-11-15)18-12-4-7-16(20-18)21-22-17(23-24-18)13-5-2-1-3-6-13/h1-3,5-6,8-11,16-17H,4,7,12H2/t16-,17?,18-/m0/s1. The SMILES string of the molecule is Fc1ccc([C@]23CCC[C@H](OOC(c4ccccc4)OO2)O3)cc1. The smallest absolute Gasteiger partial charge is 0.249 e. The van der Waals surface area contributed by atoms with Crippen molar-refractivity contribution in [1.82, 2.24) is 0 Å². The lowest BCUT2D eigenvalue weighted by Crippen LogP contribution is -2.44. The third-order valence-corrected chi connectivity index (χ3v) is 4.14. The third kappa shape index (κ3) is 3.07. The summed E-state index contributed by atoms with van der Waals surface area (Å²) in [4.78, 5) is 21.9. The fourth-order valence-corrected chi connectivity index (χ4v) is 2.90.